The molecule has 7 nitrogen and oxygen atoms in total. The molecule has 0 bridgehead atoms. The van der Waals surface area contributed by atoms with Crippen LogP contribution in [0.25, 0.3) is 0 Å². The second kappa shape index (κ2) is 6.37. The summed E-state index contributed by atoms with van der Waals surface area (Å²) >= 11 is 0. The van der Waals surface area contributed by atoms with Crippen molar-refractivity contribution in [2.45, 2.75) is 32.7 Å². The van der Waals surface area contributed by atoms with E-state index in [1.165, 1.54) is 23.2 Å². The standard InChI is InChI=1S/C14H24N2O5S/c1-6-22(20,21)16-8-7-11(9-16)12(17)15(5)14(4,10(2)3)13(18)19/h6,10-11H,1,7-9H2,2-5H3,(H,18,19)/t11-,14?/m0/s1. The van der Waals surface area contributed by atoms with Crippen LogP contribution in [0, 0.1) is 11.8 Å². The Morgan fingerprint density at radius 1 is 1.45 bits per heavy atom. The quantitative estimate of drug-likeness (QED) is 0.774. The van der Waals surface area contributed by atoms with E-state index in [-0.39, 0.29) is 24.9 Å². The number of carbonyl (C=O) groups is 2. The largest absolute Gasteiger partial charge is 0.479 e. The molecule has 8 heteroatoms. The van der Waals surface area contributed by atoms with Crippen LogP contribution in [0.2, 0.25) is 0 Å². The molecule has 0 radical (unpaired) electrons. The molecule has 1 fully saturated rings. The second-order valence-corrected chi connectivity index (χ2v) is 7.94. The maximum Gasteiger partial charge on any atom is 0.329 e. The first-order valence-corrected chi connectivity index (χ1v) is 8.62. The lowest BCUT2D eigenvalue weighted by Crippen LogP contribution is -2.58. The predicted octanol–water partition coefficient (Wildman–Crippen LogP) is 0.739. The topological polar surface area (TPSA) is 95.0 Å². The monoisotopic (exact) mass is 332 g/mol. The molecule has 1 unspecified atom stereocenters. The zero-order valence-corrected chi connectivity index (χ0v) is 14.3. The molecular weight excluding hydrogens is 308 g/mol. The Labute approximate surface area is 131 Å². The third-order valence-electron chi connectivity index (χ3n) is 4.66. The summed E-state index contributed by atoms with van der Waals surface area (Å²) in [6.45, 7) is 8.55. The molecular formula is C14H24N2O5S. The molecule has 0 aromatic carbocycles. The Morgan fingerprint density at radius 3 is 2.41 bits per heavy atom. The summed E-state index contributed by atoms with van der Waals surface area (Å²) in [4.78, 5) is 25.4. The van der Waals surface area contributed by atoms with Crippen molar-refractivity contribution in [2.24, 2.45) is 11.8 Å². The average Bonchev–Trinajstić information content (AvgIpc) is 2.94. The molecule has 0 aliphatic carbocycles. The minimum Gasteiger partial charge on any atom is -0.479 e. The number of sulfonamides is 1. The number of carboxylic acids is 1. The first-order chi connectivity index (χ1) is 9.98. The molecule has 1 amide bonds. The predicted molar refractivity (Wildman–Crippen MR) is 82.4 cm³/mol. The summed E-state index contributed by atoms with van der Waals surface area (Å²) < 4.78 is 24.7. The van der Waals surface area contributed by atoms with Gasteiger partial charge in [-0.05, 0) is 19.3 Å². The third kappa shape index (κ3) is 3.17. The fourth-order valence-electron chi connectivity index (χ4n) is 2.55. The van der Waals surface area contributed by atoms with E-state index >= 15 is 0 Å². The molecule has 0 aromatic rings. The number of aliphatic carboxylic acids is 1. The van der Waals surface area contributed by atoms with E-state index in [2.05, 4.69) is 6.58 Å². The number of carboxylic acid groups (broad SMARTS) is 1. The van der Waals surface area contributed by atoms with E-state index in [4.69, 9.17) is 0 Å². The van der Waals surface area contributed by atoms with Crippen molar-refractivity contribution in [3.05, 3.63) is 12.0 Å². The van der Waals surface area contributed by atoms with Gasteiger partial charge in [-0.1, -0.05) is 20.4 Å². The summed E-state index contributed by atoms with van der Waals surface area (Å²) in [5.41, 5.74) is -1.33. The van der Waals surface area contributed by atoms with Gasteiger partial charge in [0.2, 0.25) is 15.9 Å². The molecule has 1 heterocycles. The lowest BCUT2D eigenvalue weighted by molar-refractivity contribution is -0.161. The highest BCUT2D eigenvalue weighted by molar-refractivity contribution is 7.92. The Balaban J connectivity index is 2.94. The van der Waals surface area contributed by atoms with Crippen LogP contribution in [0.4, 0.5) is 0 Å². The van der Waals surface area contributed by atoms with Gasteiger partial charge in [0.1, 0.15) is 5.54 Å². The number of rotatable bonds is 6. The lowest BCUT2D eigenvalue weighted by atomic mass is 9.86. The summed E-state index contributed by atoms with van der Waals surface area (Å²) in [5, 5.41) is 10.3. The maximum absolute atomic E-state index is 12.6. The highest BCUT2D eigenvalue weighted by atomic mass is 32.2. The minimum atomic E-state index is -3.55. The van der Waals surface area contributed by atoms with E-state index in [9.17, 15) is 23.1 Å². The maximum atomic E-state index is 12.6. The van der Waals surface area contributed by atoms with E-state index in [0.29, 0.717) is 6.42 Å². The molecule has 0 saturated carbocycles. The SMILES string of the molecule is C=CS(=O)(=O)N1CC[C@H](C(=O)N(C)C(C)(C(=O)O)C(C)C)C1. The Morgan fingerprint density at radius 2 is 2.00 bits per heavy atom. The van der Waals surface area contributed by atoms with Gasteiger partial charge in [-0.2, -0.15) is 4.31 Å². The molecule has 1 aliphatic heterocycles. The van der Waals surface area contributed by atoms with Gasteiger partial charge in [-0.15, -0.1) is 0 Å². The molecule has 22 heavy (non-hydrogen) atoms. The summed E-state index contributed by atoms with van der Waals surface area (Å²) in [6, 6.07) is 0. The Bertz CT molecular complexity index is 572. The van der Waals surface area contributed by atoms with Crippen LogP contribution in [-0.4, -0.2) is 60.3 Å². The number of hydrogen-bond acceptors (Lipinski definition) is 4. The molecule has 2 atom stereocenters. The van der Waals surface area contributed by atoms with Crippen LogP contribution >= 0.6 is 0 Å². The Hall–Kier alpha value is -1.41. The minimum absolute atomic E-state index is 0.0608. The normalized spacial score (nSPS) is 22.3. The van der Waals surface area contributed by atoms with E-state index in [0.717, 1.165) is 5.41 Å². The van der Waals surface area contributed by atoms with E-state index < -0.39 is 27.4 Å². The average molecular weight is 332 g/mol. The van der Waals surface area contributed by atoms with Crippen LogP contribution in [0.1, 0.15) is 27.2 Å². The van der Waals surface area contributed by atoms with Crippen molar-refractivity contribution < 1.29 is 23.1 Å². The van der Waals surface area contributed by atoms with Gasteiger partial charge in [0, 0.05) is 25.5 Å². The number of amides is 1. The van der Waals surface area contributed by atoms with Gasteiger partial charge >= 0.3 is 5.97 Å². The van der Waals surface area contributed by atoms with Crippen LogP contribution < -0.4 is 0 Å². The molecule has 1 N–H and O–H groups in total. The molecule has 1 rings (SSSR count). The van der Waals surface area contributed by atoms with Crippen LogP contribution in [0.15, 0.2) is 12.0 Å². The highest BCUT2D eigenvalue weighted by Crippen LogP contribution is 2.29. The summed E-state index contributed by atoms with van der Waals surface area (Å²) in [6.07, 6.45) is 0.379. The summed E-state index contributed by atoms with van der Waals surface area (Å²) in [5.74, 6) is -2.24. The van der Waals surface area contributed by atoms with E-state index in [1.807, 2.05) is 0 Å². The van der Waals surface area contributed by atoms with Crippen molar-refractivity contribution in [3.63, 3.8) is 0 Å². The molecule has 1 aliphatic rings. The fraction of sp³-hybridized carbons (Fsp3) is 0.714. The molecule has 126 valence electrons. The highest BCUT2D eigenvalue weighted by Gasteiger charge is 2.46. The van der Waals surface area contributed by atoms with Crippen molar-refractivity contribution in [2.75, 3.05) is 20.1 Å². The Kier molecular flexibility index (Phi) is 5.40. The van der Waals surface area contributed by atoms with Gasteiger partial charge in [-0.3, -0.25) is 4.79 Å². The van der Waals surface area contributed by atoms with Gasteiger partial charge in [0.25, 0.3) is 0 Å². The van der Waals surface area contributed by atoms with Crippen molar-refractivity contribution in [1.29, 1.82) is 0 Å². The smallest absolute Gasteiger partial charge is 0.329 e. The number of likely N-dealkylation sites (N-methyl/N-ethyl adjacent to an activating group) is 1. The van der Waals surface area contributed by atoms with Gasteiger partial charge in [0.05, 0.1) is 5.92 Å². The number of nitrogens with zero attached hydrogens (tertiary/aromatic N) is 2. The second-order valence-electron chi connectivity index (χ2n) is 6.06. The fourth-order valence-corrected chi connectivity index (χ4v) is 3.51. The van der Waals surface area contributed by atoms with Crippen molar-refractivity contribution >= 4 is 21.9 Å². The molecule has 0 aromatic heterocycles. The van der Waals surface area contributed by atoms with Crippen molar-refractivity contribution in [1.82, 2.24) is 9.21 Å². The van der Waals surface area contributed by atoms with Crippen molar-refractivity contribution in [3.8, 4) is 0 Å². The third-order valence-corrected chi connectivity index (χ3v) is 6.13. The van der Waals surface area contributed by atoms with Gasteiger partial charge in [0.15, 0.2) is 0 Å². The van der Waals surface area contributed by atoms with E-state index in [1.54, 1.807) is 13.8 Å². The van der Waals surface area contributed by atoms with Crippen LogP contribution in [0.5, 0.6) is 0 Å². The number of hydrogen-bond donors (Lipinski definition) is 1. The zero-order valence-electron chi connectivity index (χ0n) is 13.4. The number of carbonyl (C=O) groups excluding carboxylic acids is 1. The van der Waals surface area contributed by atoms with Crippen LogP contribution in [0.3, 0.4) is 0 Å². The summed E-state index contributed by atoms with van der Waals surface area (Å²) in [7, 11) is -2.09. The first kappa shape index (κ1) is 18.6. The van der Waals surface area contributed by atoms with Gasteiger partial charge < -0.3 is 10.0 Å². The lowest BCUT2D eigenvalue weighted by Gasteiger charge is -2.39. The first-order valence-electron chi connectivity index (χ1n) is 7.12. The van der Waals surface area contributed by atoms with Crippen LogP contribution in [-0.2, 0) is 19.6 Å². The molecule has 1 saturated heterocycles. The molecule has 0 spiro atoms. The zero-order chi connectivity index (χ0) is 17.3. The van der Waals surface area contributed by atoms with Gasteiger partial charge in [-0.25, -0.2) is 13.2 Å².